The maximum absolute atomic E-state index is 12.5. The molecule has 1 N–H and O–H groups in total. The van der Waals surface area contributed by atoms with Gasteiger partial charge < -0.3 is 75.3 Å². The van der Waals surface area contributed by atoms with Gasteiger partial charge in [0.05, 0.1) is 60.1 Å². The summed E-state index contributed by atoms with van der Waals surface area (Å²) >= 11 is 9.72. The number of aryl methyl sites for hydroxylation is 2. The van der Waals surface area contributed by atoms with Crippen molar-refractivity contribution in [2.24, 2.45) is 24.1 Å². The van der Waals surface area contributed by atoms with Crippen LogP contribution < -0.4 is 34.8 Å². The number of phenolic OH excluding ortho intramolecular Hbond substituents is 1. The molecule has 0 amide bonds. The second-order valence-electron chi connectivity index (χ2n) is 24.5. The minimum absolute atomic E-state index is 0.0219. The lowest BCUT2D eigenvalue weighted by Gasteiger charge is -2.49. The van der Waals surface area contributed by atoms with Crippen LogP contribution in [0.25, 0.3) is 11.1 Å². The maximum Gasteiger partial charge on any atom is 0.272 e. The molecule has 3 aromatic carbocycles. The number of ether oxygens (including phenoxy) is 5. The fourth-order valence-electron chi connectivity index (χ4n) is 10.7. The van der Waals surface area contributed by atoms with E-state index in [0.717, 1.165) is 15.6 Å². The normalized spacial score (nSPS) is 10.5. The van der Waals surface area contributed by atoms with Gasteiger partial charge in [0.1, 0.15) is 47.7 Å². The molecule has 110 heavy (non-hydrogen) atoms. The number of aromatic hydroxyl groups is 1. The molecule has 0 bridgehead atoms. The number of phenols is 1. The van der Waals surface area contributed by atoms with Crippen molar-refractivity contribution in [2.45, 2.75) is 25.9 Å². The van der Waals surface area contributed by atoms with Crippen LogP contribution >= 0.6 is 47.8 Å². The van der Waals surface area contributed by atoms with Crippen LogP contribution in [0.15, 0.2) is 81.8 Å². The smallest absolute Gasteiger partial charge is 0.272 e. The van der Waals surface area contributed by atoms with E-state index in [0.29, 0.717) is 73.9 Å². The van der Waals surface area contributed by atoms with Crippen molar-refractivity contribution in [3.63, 3.8) is 0 Å². The molecule has 0 unspecified atom stereocenters. The number of aldehydes is 3. The lowest BCUT2D eigenvalue weighted by Crippen LogP contribution is -2.75. The first-order valence-corrected chi connectivity index (χ1v) is 34.9. The van der Waals surface area contributed by atoms with E-state index >= 15 is 0 Å². The Kier molecular flexibility index (Phi) is 49.3. The lowest BCUT2D eigenvalue weighted by molar-refractivity contribution is 0.0808. The van der Waals surface area contributed by atoms with Crippen LogP contribution in [0.5, 0.6) is 34.5 Å². The SMILES string of the molecule is COc1cc(C=O)c(O)cc1Br.COc1cc(C=O)c(OCC(F)F)cc1-c1cn(C)c(=O)c2c1C=NC2.COc1cc(C=O)c(OCC(F)F)cc1Br.Cn1cc(Br)c2c(c1=O)CN=C2.[B]B([B])B(B([B])[B])B(B([B])[B])B([B])B([B-])[B-].[B]B([B])B(B([B])[B])B(B([B])[B])B([B])B([B])[B-].[B]B([B])B(B([B])[B])B([B])B([B])[B-]. The number of hydrogen-bond acceptors (Lipinski definition) is 13. The van der Waals surface area contributed by atoms with Crippen molar-refractivity contribution in [1.29, 1.82) is 0 Å². The van der Waals surface area contributed by atoms with E-state index in [1.165, 1.54) is 62.3 Å². The second kappa shape index (κ2) is 51.7. The highest BCUT2D eigenvalue weighted by Crippen LogP contribution is 2.39. The number of hydrogen-bond donors (Lipinski definition) is 1. The fourth-order valence-corrected chi connectivity index (χ4v) is 12.3. The van der Waals surface area contributed by atoms with E-state index < -0.39 is 147 Å². The van der Waals surface area contributed by atoms with Gasteiger partial charge in [-0.1, -0.05) is 6.39 Å². The molecule has 7 rings (SSSR count). The number of alkyl halides is 4. The average Bonchev–Trinajstić information content (AvgIpc) is 1.48. The van der Waals surface area contributed by atoms with Gasteiger partial charge in [0.2, 0.25) is 0 Å². The van der Waals surface area contributed by atoms with Crippen LogP contribution in [0.2, 0.25) is 0 Å². The molecule has 2 aliphatic rings. The van der Waals surface area contributed by atoms with Crippen LogP contribution in [0.1, 0.15) is 53.3 Å². The van der Waals surface area contributed by atoms with Gasteiger partial charge in [-0.2, -0.15) is 0 Å². The Bertz CT molecular complexity index is 3850. The molecule has 5 aromatic rings. The monoisotopic (exact) mass is 1600 g/mol. The van der Waals surface area contributed by atoms with Crippen molar-refractivity contribution in [2.75, 3.05) is 34.5 Å². The number of benzene rings is 3. The van der Waals surface area contributed by atoms with Gasteiger partial charge in [-0.05, 0) is 342 Å². The summed E-state index contributed by atoms with van der Waals surface area (Å²) in [6, 6.07) is 8.61. The number of aliphatic imine (C=N–C) groups is 2. The number of pyridine rings is 2. The molecule has 0 saturated carbocycles. The predicted molar refractivity (Wildman–Crippen MR) is 501 cm³/mol. The second-order valence-corrected chi connectivity index (χ2v) is 27.0. The molecule has 66 heteroatoms. The van der Waals surface area contributed by atoms with E-state index in [2.05, 4.69) is 57.8 Å². The summed E-state index contributed by atoms with van der Waals surface area (Å²) in [6.07, 6.45) is -10.2. The summed E-state index contributed by atoms with van der Waals surface area (Å²) in [5.41, 5.74) is 4.43. The summed E-state index contributed by atoms with van der Waals surface area (Å²) < 4.78 is 79.1. The highest BCUT2D eigenvalue weighted by Gasteiger charge is 2.38. The van der Waals surface area contributed by atoms with Crippen molar-refractivity contribution < 1.29 is 60.7 Å². The summed E-state index contributed by atoms with van der Waals surface area (Å²) in [7, 11) is 146. The molecule has 2 aliphatic heterocycles. The Labute approximate surface area is 709 Å². The summed E-state index contributed by atoms with van der Waals surface area (Å²) in [6.45, 7) is -0.792. The number of aromatic nitrogens is 2. The van der Waals surface area contributed by atoms with Gasteiger partial charge in [0, 0.05) is 76.8 Å². The van der Waals surface area contributed by atoms with Crippen LogP contribution in [0.3, 0.4) is 0 Å². The number of carbonyl (C=O) groups excluding carboxylic acids is 3. The minimum Gasteiger partial charge on any atom is -0.729 e. The highest BCUT2D eigenvalue weighted by atomic mass is 79.9. The molecule has 0 aliphatic carbocycles. The molecule has 0 saturated heterocycles. The molecule has 4 heterocycles. The van der Waals surface area contributed by atoms with Gasteiger partial charge >= 0.3 is 0 Å². The molecule has 15 nitrogen and oxygen atoms in total. The lowest BCUT2D eigenvalue weighted by atomic mass is 8.44. The third kappa shape index (κ3) is 32.3. The molecular formula is C44H39B44Br3F4N4O11-4. The van der Waals surface area contributed by atoms with Crippen molar-refractivity contribution in [3.8, 4) is 45.6 Å². The van der Waals surface area contributed by atoms with E-state index in [4.69, 9.17) is 217 Å². The van der Waals surface area contributed by atoms with Gasteiger partial charge in [-0.15, -0.1) is 0 Å². The average molecular weight is 1590 g/mol. The summed E-state index contributed by atoms with van der Waals surface area (Å²) in [4.78, 5) is 64.3. The van der Waals surface area contributed by atoms with Crippen LogP contribution in [0.4, 0.5) is 17.6 Å². The molecule has 54 radical (unpaired) electrons. The number of methoxy groups -OCH3 is 3. The third-order valence-electron chi connectivity index (χ3n) is 16.4. The minimum atomic E-state index is -2.67. The molecule has 0 spiro atoms. The van der Waals surface area contributed by atoms with Crippen LogP contribution in [-0.2, 0) is 27.2 Å². The van der Waals surface area contributed by atoms with E-state index in [9.17, 15) is 46.6 Å². The Morgan fingerprint density at radius 1 is 0.455 bits per heavy atom. The Balaban J connectivity index is 0.000000655. The molecular weight excluding hydrogens is 1550 g/mol. The van der Waals surface area contributed by atoms with Gasteiger partial charge in [0.15, 0.2) is 18.9 Å². The molecule has 0 fully saturated rings. The third-order valence-corrected chi connectivity index (χ3v) is 18.2. The quantitative estimate of drug-likeness (QED) is 0.0273. The summed E-state index contributed by atoms with van der Waals surface area (Å²) in [5.74, 6) is 1.38. The predicted octanol–water partition coefficient (Wildman–Crippen LogP) is -8.34. The largest absolute Gasteiger partial charge is 0.729 e. The molecule has 0 atom stereocenters. The Hall–Kier alpha value is -3.27. The zero-order chi connectivity index (χ0) is 84.8. The van der Waals surface area contributed by atoms with Gasteiger partial charge in [-0.3, -0.25) is 34.0 Å². The first-order valence-electron chi connectivity index (χ1n) is 32.5. The number of halogens is 7. The zero-order valence-electron chi connectivity index (χ0n) is 60.9. The Morgan fingerprint density at radius 3 is 1.15 bits per heavy atom. The molecule has 2 aromatic heterocycles. The van der Waals surface area contributed by atoms with Crippen LogP contribution in [0, 0.1) is 0 Å². The number of nitrogens with zero attached hydrogens (tertiary/aromatic N) is 4. The van der Waals surface area contributed by atoms with Crippen molar-refractivity contribution in [1.82, 2.24) is 9.13 Å². The van der Waals surface area contributed by atoms with E-state index in [-0.39, 0.29) is 51.6 Å². The van der Waals surface area contributed by atoms with Crippen molar-refractivity contribution in [3.05, 3.63) is 122 Å². The number of rotatable bonds is 29. The molecule has 486 valence electrons. The first-order chi connectivity index (χ1) is 51.2. The van der Waals surface area contributed by atoms with E-state index in [1.807, 2.05) is 0 Å². The first kappa shape index (κ1) is 105. The highest BCUT2D eigenvalue weighted by molar-refractivity contribution is 9.11. The Morgan fingerprint density at radius 2 is 0.791 bits per heavy atom. The fraction of sp³-hybridized carbons (Fsp3) is 0.250. The number of fused-ring (bicyclic) bond motifs is 2. The van der Waals surface area contributed by atoms with E-state index in [1.54, 1.807) is 43.5 Å². The summed E-state index contributed by atoms with van der Waals surface area (Å²) in [5, 5.41) is 9.19. The van der Waals surface area contributed by atoms with Crippen molar-refractivity contribution >= 4 is 394 Å². The number of carbonyl (C=O) groups is 3. The maximum atomic E-state index is 12.5. The zero-order valence-corrected chi connectivity index (χ0v) is 65.6. The standard InChI is InChI=1S/C18H16F2N2O4.C10H9BrF2O3.C8H7BrN2O.C8H7BrO3.2B16.B12/c1-22-7-14(12-5-21-6-13(12)18(22)24)11-4-15(26-9-17(19)20)10(8-23)3-16(11)25-2;1-15-9-2-6(4-14)8(3-7(9)11)16-5-10(12)13;1-11-4-7(9)5-2-10-3-6(5)8(11)12;1-12-8-2-5(4-10)7(11)3-6(8)9;2*1-10(2)14(9)16(13(7)8)15(11(3)4)12(5)6;1-8(2)11(7)12(9(3)4)10(5)6/h3-5,7-8,17H,6,9H2,1-2H3;2-4,10H,5H2,1H3;2,4H,3H2,1H3;2-4,11H,1H3;;;/q;;;;-2;2*-1. The topological polar surface area (TPSA) is 186 Å². The van der Waals surface area contributed by atoms with Crippen LogP contribution in [-0.4, -0.2) is 408 Å². The van der Waals surface area contributed by atoms with Gasteiger partial charge in [0.25, 0.3) is 24.0 Å². The van der Waals surface area contributed by atoms with Gasteiger partial charge in [-0.25, -0.2) is 30.3 Å².